The number of ether oxygens (including phenoxy) is 2. The predicted octanol–water partition coefficient (Wildman–Crippen LogP) is 3.93. The molecule has 2 amide bonds. The molecule has 190 valence electrons. The Bertz CT molecular complexity index is 1480. The molecule has 9 nitrogen and oxygen atoms in total. The molecule has 1 aromatic carbocycles. The summed E-state index contributed by atoms with van der Waals surface area (Å²) < 4.78 is 27.8. The Hall–Kier alpha value is -3.63. The molecule has 0 radical (unpaired) electrons. The van der Waals surface area contributed by atoms with Crippen LogP contribution in [0.2, 0.25) is 5.02 Å². The molecular formula is C26H24ClFN5O4+. The number of amides is 2. The van der Waals surface area contributed by atoms with Crippen molar-refractivity contribution < 1.29 is 23.2 Å². The van der Waals surface area contributed by atoms with E-state index in [-0.39, 0.29) is 34.5 Å². The number of hydrogen-bond acceptors (Lipinski definition) is 6. The molecule has 3 aliphatic rings. The highest BCUT2D eigenvalue weighted by atomic mass is 35.5. The largest absolute Gasteiger partial charge is 0.496 e. The van der Waals surface area contributed by atoms with Gasteiger partial charge in [-0.25, -0.2) is 19.8 Å². The molecule has 6 rings (SSSR count). The zero-order valence-electron chi connectivity index (χ0n) is 20.0. The molecule has 1 saturated carbocycles. The Morgan fingerprint density at radius 1 is 1.24 bits per heavy atom. The van der Waals surface area contributed by atoms with E-state index >= 15 is 4.39 Å². The Labute approximate surface area is 216 Å². The molecule has 2 aromatic heterocycles. The third-order valence-electron chi connectivity index (χ3n) is 7.22. The molecule has 0 saturated heterocycles. The fourth-order valence-corrected chi connectivity index (χ4v) is 5.49. The molecule has 3 aromatic rings. The number of pyridine rings is 1. The third-order valence-corrected chi connectivity index (χ3v) is 7.54. The van der Waals surface area contributed by atoms with Crippen molar-refractivity contribution in [3.05, 3.63) is 69.0 Å². The van der Waals surface area contributed by atoms with Crippen LogP contribution in [0, 0.1) is 5.82 Å². The van der Waals surface area contributed by atoms with E-state index < -0.39 is 11.8 Å². The Morgan fingerprint density at radius 2 is 2.08 bits per heavy atom. The summed E-state index contributed by atoms with van der Waals surface area (Å²) in [7, 11) is 1.69. The van der Waals surface area contributed by atoms with Gasteiger partial charge in [0.25, 0.3) is 5.56 Å². The van der Waals surface area contributed by atoms with Gasteiger partial charge in [-0.15, -0.1) is 0 Å². The normalized spacial score (nSPS) is 21.9. The number of halogens is 2. The molecule has 2 aliphatic heterocycles. The summed E-state index contributed by atoms with van der Waals surface area (Å²) in [6.07, 6.45) is 5.44. The summed E-state index contributed by atoms with van der Waals surface area (Å²) >= 11 is 6.49. The van der Waals surface area contributed by atoms with Gasteiger partial charge in [0.15, 0.2) is 11.5 Å². The van der Waals surface area contributed by atoms with Crippen molar-refractivity contribution in [3.8, 4) is 17.0 Å². The minimum absolute atomic E-state index is 0.0235. The lowest BCUT2D eigenvalue weighted by atomic mass is 9.92. The van der Waals surface area contributed by atoms with E-state index in [2.05, 4.69) is 20.5 Å². The van der Waals surface area contributed by atoms with E-state index in [9.17, 15) is 9.59 Å². The maximum absolute atomic E-state index is 15.1. The predicted molar refractivity (Wildman–Crippen MR) is 134 cm³/mol. The Kier molecular flexibility index (Phi) is 6.00. The highest BCUT2D eigenvalue weighted by Crippen LogP contribution is 2.34. The first-order chi connectivity index (χ1) is 17.9. The number of nitrogens with zero attached hydrogens (tertiary/aromatic N) is 3. The summed E-state index contributed by atoms with van der Waals surface area (Å²) in [5, 5.41) is 9.50. The van der Waals surface area contributed by atoms with E-state index in [0.29, 0.717) is 35.5 Å². The van der Waals surface area contributed by atoms with E-state index in [0.717, 1.165) is 30.5 Å². The lowest BCUT2D eigenvalue weighted by Gasteiger charge is -2.33. The van der Waals surface area contributed by atoms with Crippen molar-refractivity contribution in [2.75, 3.05) is 12.4 Å². The number of benzene rings is 1. The van der Waals surface area contributed by atoms with Crippen LogP contribution in [0.4, 0.5) is 14.9 Å². The minimum atomic E-state index is -0.620. The molecule has 11 heteroatoms. The summed E-state index contributed by atoms with van der Waals surface area (Å²) in [5.41, 5.74) is 2.92. The number of fused-ring (bicyclic) bond motifs is 3. The van der Waals surface area contributed by atoms with Crippen molar-refractivity contribution in [2.24, 2.45) is 0 Å². The van der Waals surface area contributed by atoms with Crippen LogP contribution in [0.15, 0.2) is 41.3 Å². The van der Waals surface area contributed by atoms with Crippen LogP contribution < -0.4 is 15.6 Å². The second kappa shape index (κ2) is 9.35. The number of rotatable bonds is 5. The average Bonchev–Trinajstić information content (AvgIpc) is 3.18. The number of H-pyrrole nitrogens is 1. The molecule has 1 fully saturated rings. The van der Waals surface area contributed by atoms with Crippen molar-refractivity contribution in [3.63, 3.8) is 0 Å². The second-order valence-electron chi connectivity index (χ2n) is 9.52. The van der Waals surface area contributed by atoms with Gasteiger partial charge >= 0.3 is 6.03 Å². The Balaban J connectivity index is 1.20. The van der Waals surface area contributed by atoms with Gasteiger partial charge in [-0.05, 0) is 24.1 Å². The van der Waals surface area contributed by atoms with Gasteiger partial charge in [0.2, 0.25) is 5.88 Å². The molecule has 4 heterocycles. The van der Waals surface area contributed by atoms with Crippen molar-refractivity contribution >= 4 is 29.0 Å². The smallest absolute Gasteiger partial charge is 0.474 e. The van der Waals surface area contributed by atoms with Crippen LogP contribution >= 0.6 is 11.6 Å². The number of urea groups is 1. The summed E-state index contributed by atoms with van der Waals surface area (Å²) in [6.45, 7) is 0. The van der Waals surface area contributed by atoms with Crippen LogP contribution in [0.25, 0.3) is 11.1 Å². The van der Waals surface area contributed by atoms with Gasteiger partial charge in [-0.2, -0.15) is 14.5 Å². The minimum Gasteiger partial charge on any atom is -0.474 e. The van der Waals surface area contributed by atoms with Gasteiger partial charge in [-0.1, -0.05) is 11.6 Å². The quantitative estimate of drug-likeness (QED) is 0.489. The van der Waals surface area contributed by atoms with E-state index in [1.807, 2.05) is 0 Å². The summed E-state index contributed by atoms with van der Waals surface area (Å²) in [5.74, 6) is -0.136. The fourth-order valence-electron chi connectivity index (χ4n) is 5.21. The molecule has 0 spiro atoms. The van der Waals surface area contributed by atoms with Crippen LogP contribution in [0.5, 0.6) is 5.88 Å². The number of hydrogen-bond donors (Lipinski definition) is 2. The maximum Gasteiger partial charge on any atom is 0.496 e. The van der Waals surface area contributed by atoms with Crippen LogP contribution in [-0.4, -0.2) is 56.9 Å². The number of carbonyl (C=O) groups excluding carboxylic acids is 1. The number of methoxy groups -OCH3 is 1. The number of aromatic nitrogens is 3. The average molecular weight is 525 g/mol. The number of anilines is 1. The first-order valence-electron chi connectivity index (χ1n) is 12.1. The van der Waals surface area contributed by atoms with Crippen molar-refractivity contribution in [1.29, 1.82) is 0 Å². The van der Waals surface area contributed by atoms with E-state index in [1.165, 1.54) is 18.2 Å². The highest BCUT2D eigenvalue weighted by Gasteiger charge is 2.42. The first-order valence-corrected chi connectivity index (χ1v) is 12.5. The number of nitrogens with one attached hydrogen (secondary N) is 2. The standard InChI is InChI=1S/C26H23ClFN5O4/c1-36-16-8-17(9-16)37-24-5-2-13(12-29-24)18-10-20(28)21(11-19(18)27)30-26(35)33-15-3-4-22(33)25-14(6-15)7-23(34)31-32-25/h2,5,7,10-12,15-17H,3-4,6,8-9H2,1H3,(H,30,35)/p+1/t15-,16?,17?/m0/s1. The highest BCUT2D eigenvalue weighted by molar-refractivity contribution is 6.33. The van der Waals surface area contributed by atoms with Gasteiger partial charge in [-0.3, -0.25) is 4.79 Å². The lowest BCUT2D eigenvalue weighted by Crippen LogP contribution is -2.40. The molecule has 2 N–H and O–H groups in total. The van der Waals surface area contributed by atoms with Crippen LogP contribution in [-0.2, 0) is 11.2 Å². The monoisotopic (exact) mass is 524 g/mol. The van der Waals surface area contributed by atoms with E-state index in [4.69, 9.17) is 21.1 Å². The van der Waals surface area contributed by atoms with Gasteiger partial charge in [0, 0.05) is 68.3 Å². The second-order valence-corrected chi connectivity index (χ2v) is 9.92. The molecule has 1 aliphatic carbocycles. The summed E-state index contributed by atoms with van der Waals surface area (Å²) in [6, 6.07) is 7.11. The van der Waals surface area contributed by atoms with Crippen molar-refractivity contribution in [1.82, 2.24) is 15.2 Å². The molecular weight excluding hydrogens is 501 g/mol. The number of carbonyl (C=O) groups is 1. The SMILES string of the molecule is COC1CC(Oc2ccc(-c3cc(F)c(NC(=O)[N+]4=C5CC[C@H]4Cc4cc(=O)[nH]nc45)cc3Cl)cn2)C1. The van der Waals surface area contributed by atoms with E-state index in [1.54, 1.807) is 30.0 Å². The molecule has 2 bridgehead atoms. The molecule has 1 atom stereocenters. The zero-order chi connectivity index (χ0) is 25.7. The van der Waals surface area contributed by atoms with Crippen molar-refractivity contribution in [2.45, 2.75) is 50.4 Å². The third kappa shape index (κ3) is 4.40. The lowest BCUT2D eigenvalue weighted by molar-refractivity contribution is -0.460. The zero-order valence-corrected chi connectivity index (χ0v) is 20.7. The summed E-state index contributed by atoms with van der Waals surface area (Å²) in [4.78, 5) is 29.1. The fraction of sp³-hybridized carbons (Fsp3) is 0.346. The van der Waals surface area contributed by atoms with Crippen LogP contribution in [0.3, 0.4) is 0 Å². The van der Waals surface area contributed by atoms with Gasteiger partial charge in [0.05, 0.1) is 11.1 Å². The Morgan fingerprint density at radius 3 is 2.84 bits per heavy atom. The first kappa shape index (κ1) is 23.7. The topological polar surface area (TPSA) is 109 Å². The van der Waals surface area contributed by atoms with Gasteiger partial charge in [0.1, 0.15) is 23.6 Å². The molecule has 0 unspecified atom stereocenters. The molecule has 37 heavy (non-hydrogen) atoms. The maximum atomic E-state index is 15.1. The van der Waals surface area contributed by atoms with Gasteiger partial charge < -0.3 is 9.47 Å². The number of aromatic amines is 1. The van der Waals surface area contributed by atoms with Crippen LogP contribution in [0.1, 0.15) is 36.9 Å².